The molecule has 1 rings (SSSR count). The van der Waals surface area contributed by atoms with Crippen molar-refractivity contribution in [2.24, 2.45) is 0 Å². The highest BCUT2D eigenvalue weighted by atomic mass is 35.5. The van der Waals surface area contributed by atoms with Crippen molar-refractivity contribution >= 4 is 17.3 Å². The van der Waals surface area contributed by atoms with E-state index in [0.29, 0.717) is 0 Å². The molecule has 1 aromatic heterocycles. The lowest BCUT2D eigenvalue weighted by Gasteiger charge is -1.97. The molecule has 0 bridgehead atoms. The summed E-state index contributed by atoms with van der Waals surface area (Å²) in [7, 11) is 0. The summed E-state index contributed by atoms with van der Waals surface area (Å²) in [6.07, 6.45) is 1.14. The number of nitrogen functional groups attached to an aromatic ring is 1. The molecule has 0 aliphatic heterocycles. The fraction of sp³-hybridized carbons (Fsp3) is 0. The summed E-state index contributed by atoms with van der Waals surface area (Å²) in [5, 5.41) is 8.03. The van der Waals surface area contributed by atoms with E-state index in [-0.39, 0.29) is 16.4 Å². The van der Waals surface area contributed by atoms with Gasteiger partial charge >= 0.3 is 0 Å². The summed E-state index contributed by atoms with van der Waals surface area (Å²) in [5.74, 6) is -0.867. The van der Waals surface area contributed by atoms with Crippen molar-refractivity contribution in [2.45, 2.75) is 0 Å². The van der Waals surface area contributed by atoms with Gasteiger partial charge in [-0.05, 0) is 0 Å². The Balaban J connectivity index is 3.44. The van der Waals surface area contributed by atoms with Crippen molar-refractivity contribution in [2.75, 3.05) is 5.73 Å². The van der Waals surface area contributed by atoms with Crippen molar-refractivity contribution in [1.29, 1.82) is 5.26 Å². The lowest BCUT2D eigenvalue weighted by Crippen LogP contribution is -1.96. The SMILES string of the molecule is N#Cc1c(N)cnc(Cl)c1F. The van der Waals surface area contributed by atoms with E-state index in [1.807, 2.05) is 0 Å². The molecule has 11 heavy (non-hydrogen) atoms. The average Bonchev–Trinajstić information content (AvgIpc) is 1.99. The molecule has 0 aliphatic rings. The topological polar surface area (TPSA) is 62.7 Å². The summed E-state index contributed by atoms with van der Waals surface area (Å²) in [5.41, 5.74) is 4.95. The molecular formula is C6H3ClFN3. The van der Waals surface area contributed by atoms with Gasteiger partial charge in [-0.25, -0.2) is 9.37 Å². The fourth-order valence-corrected chi connectivity index (χ4v) is 0.734. The van der Waals surface area contributed by atoms with Crippen LogP contribution in [-0.2, 0) is 0 Å². The van der Waals surface area contributed by atoms with Crippen LogP contribution in [0.15, 0.2) is 6.20 Å². The highest BCUT2D eigenvalue weighted by Gasteiger charge is 2.10. The van der Waals surface area contributed by atoms with Crippen LogP contribution in [0, 0.1) is 17.1 Å². The van der Waals surface area contributed by atoms with Crippen LogP contribution >= 0.6 is 11.6 Å². The van der Waals surface area contributed by atoms with Crippen molar-refractivity contribution in [3.8, 4) is 6.07 Å². The van der Waals surface area contributed by atoms with Gasteiger partial charge in [0.15, 0.2) is 11.0 Å². The van der Waals surface area contributed by atoms with Crippen molar-refractivity contribution in [3.05, 3.63) is 22.7 Å². The second-order valence-electron chi connectivity index (χ2n) is 1.81. The minimum atomic E-state index is -0.867. The molecule has 0 fully saturated rings. The first kappa shape index (κ1) is 7.76. The second-order valence-corrected chi connectivity index (χ2v) is 2.16. The third-order valence-electron chi connectivity index (χ3n) is 1.12. The third-order valence-corrected chi connectivity index (χ3v) is 1.38. The van der Waals surface area contributed by atoms with Gasteiger partial charge in [-0.3, -0.25) is 0 Å². The number of nitriles is 1. The van der Waals surface area contributed by atoms with E-state index < -0.39 is 5.82 Å². The highest BCUT2D eigenvalue weighted by molar-refractivity contribution is 6.29. The number of nitrogens with two attached hydrogens (primary N) is 1. The molecule has 0 saturated heterocycles. The Morgan fingerprint density at radius 1 is 1.73 bits per heavy atom. The molecule has 2 N–H and O–H groups in total. The van der Waals surface area contributed by atoms with E-state index in [4.69, 9.17) is 22.6 Å². The Labute approximate surface area is 67.2 Å². The Morgan fingerprint density at radius 2 is 2.36 bits per heavy atom. The zero-order valence-electron chi connectivity index (χ0n) is 5.31. The molecule has 0 spiro atoms. The summed E-state index contributed by atoms with van der Waals surface area (Å²) in [6, 6.07) is 1.58. The first-order valence-electron chi connectivity index (χ1n) is 2.66. The van der Waals surface area contributed by atoms with Gasteiger partial charge in [-0.1, -0.05) is 11.6 Å². The van der Waals surface area contributed by atoms with Crippen LogP contribution in [0.25, 0.3) is 0 Å². The molecule has 1 aromatic rings. The normalized spacial score (nSPS) is 9.18. The monoisotopic (exact) mass is 171 g/mol. The smallest absolute Gasteiger partial charge is 0.180 e. The second kappa shape index (κ2) is 2.72. The van der Waals surface area contributed by atoms with E-state index in [2.05, 4.69) is 4.98 Å². The first-order chi connectivity index (χ1) is 5.16. The molecular weight excluding hydrogens is 169 g/mol. The third kappa shape index (κ3) is 1.23. The predicted octanol–water partition coefficient (Wildman–Crippen LogP) is 1.33. The van der Waals surface area contributed by atoms with Crippen molar-refractivity contribution < 1.29 is 4.39 Å². The summed E-state index contributed by atoms with van der Waals surface area (Å²) in [6.45, 7) is 0. The molecule has 56 valence electrons. The number of rotatable bonds is 0. The molecule has 3 nitrogen and oxygen atoms in total. The number of hydrogen-bond donors (Lipinski definition) is 1. The number of pyridine rings is 1. The minimum Gasteiger partial charge on any atom is -0.396 e. The molecule has 0 unspecified atom stereocenters. The molecule has 0 aliphatic carbocycles. The number of halogens is 2. The molecule has 0 radical (unpaired) electrons. The summed E-state index contributed by atoms with van der Waals surface area (Å²) in [4.78, 5) is 3.40. The van der Waals surface area contributed by atoms with E-state index in [1.54, 1.807) is 6.07 Å². The number of hydrogen-bond acceptors (Lipinski definition) is 3. The van der Waals surface area contributed by atoms with Crippen LogP contribution in [0.2, 0.25) is 5.15 Å². The zero-order valence-corrected chi connectivity index (χ0v) is 6.06. The molecule has 0 aromatic carbocycles. The maximum absolute atomic E-state index is 12.8. The Morgan fingerprint density at radius 3 is 2.82 bits per heavy atom. The van der Waals surface area contributed by atoms with Crippen molar-refractivity contribution in [3.63, 3.8) is 0 Å². The standard InChI is InChI=1S/C6H3ClFN3/c7-6-5(8)3(1-9)4(10)2-11-6/h2H,10H2. The maximum Gasteiger partial charge on any atom is 0.180 e. The summed E-state index contributed by atoms with van der Waals surface area (Å²) >= 11 is 5.27. The molecule has 0 saturated carbocycles. The Bertz CT molecular complexity index is 331. The van der Waals surface area contributed by atoms with Gasteiger partial charge in [-0.2, -0.15) is 5.26 Å². The van der Waals surface area contributed by atoms with Crippen LogP contribution < -0.4 is 5.73 Å². The van der Waals surface area contributed by atoms with Gasteiger partial charge in [-0.15, -0.1) is 0 Å². The van der Waals surface area contributed by atoms with E-state index in [9.17, 15) is 4.39 Å². The van der Waals surface area contributed by atoms with Gasteiger partial charge in [0.05, 0.1) is 11.9 Å². The maximum atomic E-state index is 12.8. The van der Waals surface area contributed by atoms with Crippen LogP contribution in [0.1, 0.15) is 5.56 Å². The molecule has 1 heterocycles. The number of nitrogens with zero attached hydrogens (tertiary/aromatic N) is 2. The van der Waals surface area contributed by atoms with Crippen LogP contribution in [0.3, 0.4) is 0 Å². The summed E-state index contributed by atoms with van der Waals surface area (Å²) < 4.78 is 12.8. The zero-order chi connectivity index (χ0) is 8.43. The van der Waals surface area contributed by atoms with Gasteiger partial charge in [0.2, 0.25) is 0 Å². The molecule has 5 heteroatoms. The molecule has 0 atom stereocenters. The molecule has 0 amide bonds. The Kier molecular flexibility index (Phi) is 1.92. The van der Waals surface area contributed by atoms with Gasteiger partial charge in [0.25, 0.3) is 0 Å². The minimum absolute atomic E-state index is 0.00519. The predicted molar refractivity (Wildman–Crippen MR) is 38.3 cm³/mol. The lowest BCUT2D eigenvalue weighted by molar-refractivity contribution is 0.619. The van der Waals surface area contributed by atoms with E-state index in [0.717, 1.165) is 6.20 Å². The Hall–Kier alpha value is -1.34. The van der Waals surface area contributed by atoms with Gasteiger partial charge < -0.3 is 5.73 Å². The van der Waals surface area contributed by atoms with Gasteiger partial charge in [0.1, 0.15) is 11.6 Å². The van der Waals surface area contributed by atoms with Crippen LogP contribution in [-0.4, -0.2) is 4.98 Å². The van der Waals surface area contributed by atoms with Crippen LogP contribution in [0.4, 0.5) is 10.1 Å². The fourth-order valence-electron chi connectivity index (χ4n) is 0.591. The van der Waals surface area contributed by atoms with E-state index in [1.165, 1.54) is 0 Å². The highest BCUT2D eigenvalue weighted by Crippen LogP contribution is 2.19. The van der Waals surface area contributed by atoms with Gasteiger partial charge in [0, 0.05) is 0 Å². The quantitative estimate of drug-likeness (QED) is 0.599. The lowest BCUT2D eigenvalue weighted by atomic mass is 10.2. The van der Waals surface area contributed by atoms with Crippen molar-refractivity contribution in [1.82, 2.24) is 4.98 Å². The van der Waals surface area contributed by atoms with Crippen LogP contribution in [0.5, 0.6) is 0 Å². The largest absolute Gasteiger partial charge is 0.396 e. The average molecular weight is 172 g/mol. The number of aromatic nitrogens is 1. The first-order valence-corrected chi connectivity index (χ1v) is 3.04. The number of anilines is 1. The van der Waals surface area contributed by atoms with E-state index >= 15 is 0 Å².